The van der Waals surface area contributed by atoms with Crippen LogP contribution in [0.2, 0.25) is 0 Å². The molecule has 2 aromatic heterocycles. The van der Waals surface area contributed by atoms with Crippen LogP contribution in [-0.2, 0) is 12.1 Å². The van der Waals surface area contributed by atoms with E-state index in [4.69, 9.17) is 9.68 Å². The van der Waals surface area contributed by atoms with Crippen LogP contribution in [0.1, 0.15) is 23.3 Å². The quantitative estimate of drug-likeness (QED) is 0.866. The van der Waals surface area contributed by atoms with Crippen molar-refractivity contribution in [3.63, 3.8) is 0 Å². The second-order valence-electron chi connectivity index (χ2n) is 4.23. The first kappa shape index (κ1) is 12.8. The molecule has 2 aromatic rings. The van der Waals surface area contributed by atoms with E-state index >= 15 is 0 Å². The van der Waals surface area contributed by atoms with Crippen LogP contribution in [0.3, 0.4) is 0 Å². The van der Waals surface area contributed by atoms with Crippen molar-refractivity contribution >= 4 is 11.3 Å². The lowest BCUT2D eigenvalue weighted by Gasteiger charge is -2.22. The summed E-state index contributed by atoms with van der Waals surface area (Å²) in [6.07, 6.45) is 0. The van der Waals surface area contributed by atoms with Gasteiger partial charge >= 0.3 is 0 Å². The maximum absolute atomic E-state index is 10.3. The number of rotatable bonds is 5. The van der Waals surface area contributed by atoms with Gasteiger partial charge in [-0.05, 0) is 30.5 Å². The Morgan fingerprint density at radius 2 is 2.33 bits per heavy atom. The molecule has 0 fully saturated rings. The van der Waals surface area contributed by atoms with Gasteiger partial charge in [-0.25, -0.2) is 0 Å². The average molecular weight is 262 g/mol. The third kappa shape index (κ3) is 2.99. The minimum atomic E-state index is -0.890. The van der Waals surface area contributed by atoms with Crippen LogP contribution in [0.25, 0.3) is 0 Å². The minimum Gasteiger partial charge on any atom is -0.449 e. The average Bonchev–Trinajstić information content (AvgIpc) is 3.00. The highest BCUT2D eigenvalue weighted by molar-refractivity contribution is 7.10. The number of aliphatic hydroxyl groups is 1. The zero-order chi connectivity index (χ0) is 13.0. The molecule has 0 amide bonds. The first-order valence-corrected chi connectivity index (χ1v) is 6.46. The molecule has 1 unspecified atom stereocenters. The summed E-state index contributed by atoms with van der Waals surface area (Å²) < 4.78 is 5.24. The van der Waals surface area contributed by atoms with Crippen LogP contribution in [0.4, 0.5) is 0 Å². The molecule has 94 valence electrons. The van der Waals surface area contributed by atoms with Crippen molar-refractivity contribution < 1.29 is 9.52 Å². The molecule has 0 spiro atoms. The Balaban J connectivity index is 1.87. The zero-order valence-corrected chi connectivity index (χ0v) is 10.8. The Labute approximate surface area is 109 Å². The van der Waals surface area contributed by atoms with E-state index in [2.05, 4.69) is 5.32 Å². The summed E-state index contributed by atoms with van der Waals surface area (Å²) in [5.74, 6) is 0.991. The SMILES string of the molecule is CC(O)(CNCc1ccc(C#N)o1)c1cccs1. The van der Waals surface area contributed by atoms with Crippen molar-refractivity contribution in [1.82, 2.24) is 5.32 Å². The molecule has 0 aliphatic rings. The van der Waals surface area contributed by atoms with Crippen molar-refractivity contribution in [2.45, 2.75) is 19.1 Å². The van der Waals surface area contributed by atoms with Gasteiger partial charge in [0.1, 0.15) is 17.4 Å². The molecule has 0 aromatic carbocycles. The normalized spacial score (nSPS) is 14.1. The van der Waals surface area contributed by atoms with E-state index in [-0.39, 0.29) is 0 Å². The van der Waals surface area contributed by atoms with Crippen LogP contribution in [0.5, 0.6) is 0 Å². The van der Waals surface area contributed by atoms with Crippen LogP contribution < -0.4 is 5.32 Å². The van der Waals surface area contributed by atoms with Crippen molar-refractivity contribution in [2.75, 3.05) is 6.54 Å². The summed E-state index contributed by atoms with van der Waals surface area (Å²) in [5, 5.41) is 24.0. The standard InChI is InChI=1S/C13H14N2O2S/c1-13(16,12-3-2-6-18-12)9-15-8-11-5-4-10(7-14)17-11/h2-6,15-16H,8-9H2,1H3. The van der Waals surface area contributed by atoms with Gasteiger partial charge < -0.3 is 14.8 Å². The Morgan fingerprint density at radius 1 is 1.50 bits per heavy atom. The van der Waals surface area contributed by atoms with Crippen molar-refractivity contribution in [3.8, 4) is 6.07 Å². The Bertz CT molecular complexity index is 538. The van der Waals surface area contributed by atoms with Gasteiger partial charge in [-0.15, -0.1) is 11.3 Å². The molecule has 0 aliphatic heterocycles. The number of nitrogens with zero attached hydrogens (tertiary/aromatic N) is 1. The third-order valence-corrected chi connectivity index (χ3v) is 3.72. The maximum Gasteiger partial charge on any atom is 0.203 e. The van der Waals surface area contributed by atoms with E-state index in [1.807, 2.05) is 23.6 Å². The topological polar surface area (TPSA) is 69.2 Å². The number of nitrogens with one attached hydrogen (secondary N) is 1. The van der Waals surface area contributed by atoms with Crippen LogP contribution in [0.15, 0.2) is 34.1 Å². The fraction of sp³-hybridized carbons (Fsp3) is 0.308. The van der Waals surface area contributed by atoms with E-state index in [1.165, 1.54) is 11.3 Å². The first-order chi connectivity index (χ1) is 8.62. The van der Waals surface area contributed by atoms with Crippen LogP contribution in [-0.4, -0.2) is 11.7 Å². The summed E-state index contributed by atoms with van der Waals surface area (Å²) in [6.45, 7) is 2.69. The summed E-state index contributed by atoms with van der Waals surface area (Å²) >= 11 is 1.53. The van der Waals surface area contributed by atoms with E-state index in [1.54, 1.807) is 19.1 Å². The van der Waals surface area contributed by atoms with E-state index in [0.717, 1.165) is 4.88 Å². The third-order valence-electron chi connectivity index (χ3n) is 2.59. The van der Waals surface area contributed by atoms with Crippen molar-refractivity contribution in [2.24, 2.45) is 0 Å². The molecule has 0 aliphatic carbocycles. The van der Waals surface area contributed by atoms with Gasteiger partial charge in [-0.3, -0.25) is 0 Å². The monoisotopic (exact) mass is 262 g/mol. The second-order valence-corrected chi connectivity index (χ2v) is 5.18. The highest BCUT2D eigenvalue weighted by atomic mass is 32.1. The molecular weight excluding hydrogens is 248 g/mol. The minimum absolute atomic E-state index is 0.303. The number of thiophene rings is 1. The van der Waals surface area contributed by atoms with Gasteiger partial charge in [0.15, 0.2) is 0 Å². The molecule has 18 heavy (non-hydrogen) atoms. The predicted octanol–water partition coefficient (Wildman–Crippen LogP) is 2.21. The summed E-state index contributed by atoms with van der Waals surface area (Å²) in [4.78, 5) is 0.923. The van der Waals surface area contributed by atoms with Crippen molar-refractivity contribution in [1.29, 1.82) is 5.26 Å². The molecule has 2 heterocycles. The van der Waals surface area contributed by atoms with Gasteiger partial charge in [-0.2, -0.15) is 5.26 Å². The van der Waals surface area contributed by atoms with Crippen molar-refractivity contribution in [3.05, 3.63) is 46.0 Å². The maximum atomic E-state index is 10.3. The number of hydrogen-bond donors (Lipinski definition) is 2. The first-order valence-electron chi connectivity index (χ1n) is 5.58. The molecule has 0 bridgehead atoms. The molecule has 0 radical (unpaired) electrons. The second kappa shape index (κ2) is 5.36. The predicted molar refractivity (Wildman–Crippen MR) is 69.0 cm³/mol. The van der Waals surface area contributed by atoms with E-state index < -0.39 is 5.60 Å². The number of hydrogen-bond acceptors (Lipinski definition) is 5. The van der Waals surface area contributed by atoms with Gasteiger partial charge in [-0.1, -0.05) is 6.07 Å². The molecular formula is C13H14N2O2S. The smallest absolute Gasteiger partial charge is 0.203 e. The lowest BCUT2D eigenvalue weighted by molar-refractivity contribution is 0.0600. The molecule has 2 N–H and O–H groups in total. The van der Waals surface area contributed by atoms with E-state index in [0.29, 0.717) is 24.6 Å². The molecule has 4 nitrogen and oxygen atoms in total. The summed E-state index contributed by atoms with van der Waals surface area (Å²) in [5.41, 5.74) is -0.890. The number of nitriles is 1. The Morgan fingerprint density at radius 3 is 2.94 bits per heavy atom. The summed E-state index contributed by atoms with van der Waals surface area (Å²) in [6, 6.07) is 9.15. The van der Waals surface area contributed by atoms with Gasteiger partial charge in [0.2, 0.25) is 5.76 Å². The fourth-order valence-electron chi connectivity index (χ4n) is 1.63. The zero-order valence-electron chi connectivity index (χ0n) is 10.0. The largest absolute Gasteiger partial charge is 0.449 e. The highest BCUT2D eigenvalue weighted by Gasteiger charge is 2.23. The Kier molecular flexibility index (Phi) is 3.82. The fourth-order valence-corrected chi connectivity index (χ4v) is 2.42. The molecule has 0 saturated heterocycles. The lowest BCUT2D eigenvalue weighted by atomic mass is 10.1. The highest BCUT2D eigenvalue weighted by Crippen LogP contribution is 2.24. The molecule has 2 rings (SSSR count). The van der Waals surface area contributed by atoms with Gasteiger partial charge in [0.05, 0.1) is 6.54 Å². The lowest BCUT2D eigenvalue weighted by Crippen LogP contribution is -2.34. The molecule has 5 heteroatoms. The van der Waals surface area contributed by atoms with Gasteiger partial charge in [0.25, 0.3) is 0 Å². The van der Waals surface area contributed by atoms with E-state index in [9.17, 15) is 5.11 Å². The molecule has 1 atom stereocenters. The Hall–Kier alpha value is -1.61. The van der Waals surface area contributed by atoms with Crippen LogP contribution in [0, 0.1) is 11.3 Å². The van der Waals surface area contributed by atoms with Crippen LogP contribution >= 0.6 is 11.3 Å². The summed E-state index contributed by atoms with van der Waals surface area (Å²) in [7, 11) is 0. The molecule has 0 saturated carbocycles. The number of furan rings is 1. The van der Waals surface area contributed by atoms with Gasteiger partial charge in [0, 0.05) is 11.4 Å².